The molecule has 1 aliphatic heterocycles. The average molecular weight is 359 g/mol. The molecule has 0 radical (unpaired) electrons. The van der Waals surface area contributed by atoms with Gasteiger partial charge in [-0.25, -0.2) is 4.68 Å². The molecule has 0 spiro atoms. The molecule has 0 bridgehead atoms. The van der Waals surface area contributed by atoms with Crippen LogP contribution in [0.3, 0.4) is 0 Å². The monoisotopic (exact) mass is 359 g/mol. The highest BCUT2D eigenvalue weighted by atomic mass is 16.2. The molecule has 5 nitrogen and oxygen atoms in total. The third kappa shape index (κ3) is 3.05. The second-order valence-corrected chi connectivity index (χ2v) is 6.93. The highest BCUT2D eigenvalue weighted by Crippen LogP contribution is 2.33. The summed E-state index contributed by atoms with van der Waals surface area (Å²) in [4.78, 5) is 27.5. The van der Waals surface area contributed by atoms with Gasteiger partial charge in [0.05, 0.1) is 5.69 Å². The molecule has 0 N–H and O–H groups in total. The highest BCUT2D eigenvalue weighted by Gasteiger charge is 2.34. The molecule has 0 aliphatic carbocycles. The summed E-state index contributed by atoms with van der Waals surface area (Å²) in [6.45, 7) is 3.76. The minimum Gasteiger partial charge on any atom is -0.307 e. The van der Waals surface area contributed by atoms with Crippen molar-refractivity contribution in [3.8, 4) is 11.3 Å². The number of benzene rings is 2. The van der Waals surface area contributed by atoms with Crippen molar-refractivity contribution < 1.29 is 4.79 Å². The van der Waals surface area contributed by atoms with Crippen molar-refractivity contribution in [3.63, 3.8) is 0 Å². The zero-order valence-electron chi connectivity index (χ0n) is 15.4. The molecule has 4 rings (SSSR count). The Morgan fingerprint density at radius 3 is 2.52 bits per heavy atom. The number of amides is 1. The number of hydrogen-bond donors (Lipinski definition) is 0. The van der Waals surface area contributed by atoms with Gasteiger partial charge < -0.3 is 4.90 Å². The van der Waals surface area contributed by atoms with E-state index in [2.05, 4.69) is 5.10 Å². The summed E-state index contributed by atoms with van der Waals surface area (Å²) in [6.07, 6.45) is 0.820. The molecule has 1 aliphatic rings. The van der Waals surface area contributed by atoms with Crippen LogP contribution in [0.5, 0.6) is 0 Å². The smallest absolute Gasteiger partial charge is 0.267 e. The first-order valence-corrected chi connectivity index (χ1v) is 9.12. The van der Waals surface area contributed by atoms with Crippen molar-refractivity contribution in [1.29, 1.82) is 0 Å². The van der Waals surface area contributed by atoms with Gasteiger partial charge in [-0.15, -0.1) is 0 Å². The number of hydrogen-bond acceptors (Lipinski definition) is 3. The number of para-hydroxylation sites is 1. The van der Waals surface area contributed by atoms with Gasteiger partial charge in [0, 0.05) is 23.4 Å². The Morgan fingerprint density at radius 1 is 1.04 bits per heavy atom. The van der Waals surface area contributed by atoms with Crippen molar-refractivity contribution in [2.24, 2.45) is 0 Å². The Bertz CT molecular complexity index is 1040. The minimum absolute atomic E-state index is 0.0605. The first-order chi connectivity index (χ1) is 13.1. The van der Waals surface area contributed by atoms with Crippen molar-refractivity contribution in [2.75, 3.05) is 4.90 Å². The van der Waals surface area contributed by atoms with Gasteiger partial charge in [0.1, 0.15) is 6.04 Å². The first kappa shape index (κ1) is 17.2. The van der Waals surface area contributed by atoms with Gasteiger partial charge in [-0.2, -0.15) is 5.10 Å². The van der Waals surface area contributed by atoms with E-state index >= 15 is 0 Å². The molecule has 136 valence electrons. The fraction of sp³-hybridized carbons (Fsp3) is 0.227. The number of aromatic nitrogens is 2. The Hall–Kier alpha value is -3.21. The van der Waals surface area contributed by atoms with E-state index in [0.717, 1.165) is 23.2 Å². The van der Waals surface area contributed by atoms with Crippen LogP contribution in [0.15, 0.2) is 71.5 Å². The Balaban J connectivity index is 1.70. The van der Waals surface area contributed by atoms with Crippen molar-refractivity contribution in [2.45, 2.75) is 32.4 Å². The quantitative estimate of drug-likeness (QED) is 0.720. The van der Waals surface area contributed by atoms with Crippen LogP contribution < -0.4 is 10.5 Å². The molecule has 0 saturated heterocycles. The average Bonchev–Trinajstić information content (AvgIpc) is 3.03. The Kier molecular flexibility index (Phi) is 4.36. The van der Waals surface area contributed by atoms with E-state index in [4.69, 9.17) is 0 Å². The molecule has 1 aromatic heterocycles. The third-order valence-electron chi connectivity index (χ3n) is 5.06. The van der Waals surface area contributed by atoms with Crippen LogP contribution in [0.25, 0.3) is 11.3 Å². The highest BCUT2D eigenvalue weighted by molar-refractivity contribution is 5.98. The van der Waals surface area contributed by atoms with Crippen molar-refractivity contribution >= 4 is 11.6 Å². The number of anilines is 1. The van der Waals surface area contributed by atoms with Gasteiger partial charge in [0.25, 0.3) is 11.5 Å². The van der Waals surface area contributed by atoms with Crippen LogP contribution in [0.4, 0.5) is 5.69 Å². The summed E-state index contributed by atoms with van der Waals surface area (Å²) in [7, 11) is 0. The fourth-order valence-electron chi connectivity index (χ4n) is 3.67. The number of nitrogens with zero attached hydrogens (tertiary/aromatic N) is 3. The van der Waals surface area contributed by atoms with E-state index in [0.29, 0.717) is 5.69 Å². The van der Waals surface area contributed by atoms with Crippen LogP contribution in [0, 0.1) is 0 Å². The van der Waals surface area contributed by atoms with Gasteiger partial charge in [0.2, 0.25) is 0 Å². The maximum absolute atomic E-state index is 13.2. The maximum atomic E-state index is 13.2. The molecule has 2 heterocycles. The molecule has 0 fully saturated rings. The predicted octanol–water partition coefficient (Wildman–Crippen LogP) is 3.45. The van der Waals surface area contributed by atoms with E-state index in [1.54, 1.807) is 17.9 Å². The lowest BCUT2D eigenvalue weighted by atomic mass is 10.1. The van der Waals surface area contributed by atoms with Crippen molar-refractivity contribution in [1.82, 2.24) is 9.78 Å². The van der Waals surface area contributed by atoms with Crippen LogP contribution in [-0.2, 0) is 11.2 Å². The van der Waals surface area contributed by atoms with Gasteiger partial charge in [-0.3, -0.25) is 9.59 Å². The molecule has 3 aromatic rings. The summed E-state index contributed by atoms with van der Waals surface area (Å²) in [6, 6.07) is 20.1. The molecular formula is C22H21N3O2. The number of fused-ring (bicyclic) bond motifs is 1. The fourth-order valence-corrected chi connectivity index (χ4v) is 3.67. The van der Waals surface area contributed by atoms with Crippen LogP contribution in [0.1, 0.15) is 25.5 Å². The van der Waals surface area contributed by atoms with Crippen LogP contribution in [-0.4, -0.2) is 21.7 Å². The van der Waals surface area contributed by atoms with E-state index in [1.807, 2.05) is 61.5 Å². The number of rotatable bonds is 3. The number of carbonyl (C=O) groups is 1. The van der Waals surface area contributed by atoms with Gasteiger partial charge in [0.15, 0.2) is 0 Å². The summed E-state index contributed by atoms with van der Waals surface area (Å²) >= 11 is 0. The standard InChI is InChI=1S/C22H21N3O2/c1-15-14-18-10-6-7-11-20(18)24(15)22(27)16(2)25-21(26)13-12-19(23-25)17-8-4-3-5-9-17/h3-13,15-16H,14H2,1-2H3/t15-,16-/m0/s1. The minimum atomic E-state index is -0.685. The molecule has 0 unspecified atom stereocenters. The summed E-state index contributed by atoms with van der Waals surface area (Å²) < 4.78 is 1.29. The Morgan fingerprint density at radius 2 is 1.74 bits per heavy atom. The molecule has 0 saturated carbocycles. The number of carbonyl (C=O) groups excluding carboxylic acids is 1. The molecular weight excluding hydrogens is 338 g/mol. The summed E-state index contributed by atoms with van der Waals surface area (Å²) in [5.41, 5.74) is 3.38. The normalized spacial score (nSPS) is 16.8. The lowest BCUT2D eigenvalue weighted by Crippen LogP contribution is -2.42. The largest absolute Gasteiger partial charge is 0.307 e. The lowest BCUT2D eigenvalue weighted by Gasteiger charge is -2.26. The Labute approximate surface area is 157 Å². The second kappa shape index (κ2) is 6.83. The van der Waals surface area contributed by atoms with E-state index < -0.39 is 6.04 Å². The SMILES string of the molecule is C[C@H]1Cc2ccccc2N1C(=O)[C@H](C)n1nc(-c2ccccc2)ccc1=O. The third-order valence-corrected chi connectivity index (χ3v) is 5.06. The molecule has 5 heteroatoms. The van der Waals surface area contributed by atoms with E-state index in [9.17, 15) is 9.59 Å². The zero-order chi connectivity index (χ0) is 19.0. The van der Waals surface area contributed by atoms with E-state index in [-0.39, 0.29) is 17.5 Å². The van der Waals surface area contributed by atoms with Gasteiger partial charge in [-0.1, -0.05) is 48.5 Å². The zero-order valence-corrected chi connectivity index (χ0v) is 15.4. The van der Waals surface area contributed by atoms with Crippen molar-refractivity contribution in [3.05, 3.63) is 82.6 Å². The molecule has 27 heavy (non-hydrogen) atoms. The molecule has 1 amide bonds. The first-order valence-electron chi connectivity index (χ1n) is 9.12. The van der Waals surface area contributed by atoms with Gasteiger partial charge in [-0.05, 0) is 38.0 Å². The van der Waals surface area contributed by atoms with Gasteiger partial charge >= 0.3 is 0 Å². The molecule has 2 atom stereocenters. The predicted molar refractivity (Wildman–Crippen MR) is 106 cm³/mol. The maximum Gasteiger partial charge on any atom is 0.267 e. The van der Waals surface area contributed by atoms with Crippen LogP contribution >= 0.6 is 0 Å². The second-order valence-electron chi connectivity index (χ2n) is 6.93. The summed E-state index contributed by atoms with van der Waals surface area (Å²) in [5.74, 6) is -0.118. The van der Waals surface area contributed by atoms with Crippen LogP contribution in [0.2, 0.25) is 0 Å². The summed E-state index contributed by atoms with van der Waals surface area (Å²) in [5, 5.41) is 4.47. The topological polar surface area (TPSA) is 55.2 Å². The van der Waals surface area contributed by atoms with E-state index in [1.165, 1.54) is 10.7 Å². The lowest BCUT2D eigenvalue weighted by molar-refractivity contribution is -0.121. The molecule has 2 aromatic carbocycles.